The van der Waals surface area contributed by atoms with E-state index in [9.17, 15) is 0 Å². The molecular weight excluding hydrogens is 320 g/mol. The summed E-state index contributed by atoms with van der Waals surface area (Å²) in [4.78, 5) is 5.06. The topological polar surface area (TPSA) is 42.3 Å². The zero-order chi connectivity index (χ0) is 18.2. The normalized spacial score (nSPS) is 15.0. The minimum absolute atomic E-state index is 0.721. The van der Waals surface area contributed by atoms with E-state index >= 15 is 0 Å². The summed E-state index contributed by atoms with van der Waals surface area (Å²) in [5.74, 6) is 0. The Bertz CT molecular complexity index is 725. The van der Waals surface area contributed by atoms with Crippen LogP contribution < -0.4 is 10.2 Å². The van der Waals surface area contributed by atoms with Crippen LogP contribution in [-0.4, -0.2) is 44.2 Å². The van der Waals surface area contributed by atoms with Crippen molar-refractivity contribution >= 4 is 5.69 Å². The lowest BCUT2D eigenvalue weighted by atomic mass is 10.1. The van der Waals surface area contributed by atoms with Gasteiger partial charge in [0.25, 0.3) is 0 Å². The first kappa shape index (κ1) is 18.4. The highest BCUT2D eigenvalue weighted by Gasteiger charge is 2.16. The van der Waals surface area contributed by atoms with Gasteiger partial charge in [-0.3, -0.25) is 4.90 Å². The molecule has 0 spiro atoms. The quantitative estimate of drug-likeness (QED) is 0.781. The summed E-state index contributed by atoms with van der Waals surface area (Å²) in [5, 5.41) is 12.3. The molecule has 1 heterocycles. The molecule has 1 N–H and O–H groups in total. The molecule has 0 unspecified atom stereocenters. The second-order valence-corrected chi connectivity index (χ2v) is 7.01. The monoisotopic (exact) mass is 348 g/mol. The molecule has 4 heteroatoms. The number of hydrogen-bond acceptors (Lipinski definition) is 4. The van der Waals surface area contributed by atoms with E-state index in [0.29, 0.717) is 0 Å². The minimum atomic E-state index is 0.721. The van der Waals surface area contributed by atoms with Gasteiger partial charge in [-0.15, -0.1) is 0 Å². The highest BCUT2D eigenvalue weighted by atomic mass is 15.3. The van der Waals surface area contributed by atoms with Crippen molar-refractivity contribution in [2.24, 2.45) is 0 Å². The molecule has 1 aliphatic heterocycles. The van der Waals surface area contributed by atoms with Gasteiger partial charge < -0.3 is 10.2 Å². The maximum atomic E-state index is 8.82. The van der Waals surface area contributed by atoms with E-state index in [4.69, 9.17) is 5.26 Å². The summed E-state index contributed by atoms with van der Waals surface area (Å²) in [7, 11) is 0. The molecule has 2 aromatic rings. The third-order valence-corrected chi connectivity index (χ3v) is 4.98. The van der Waals surface area contributed by atoms with Crippen LogP contribution in [-0.2, 0) is 6.54 Å². The van der Waals surface area contributed by atoms with Gasteiger partial charge in [-0.25, -0.2) is 0 Å². The van der Waals surface area contributed by atoms with Crippen molar-refractivity contribution in [1.82, 2.24) is 10.2 Å². The average Bonchev–Trinajstić information content (AvgIpc) is 2.69. The zero-order valence-electron chi connectivity index (χ0n) is 15.6. The Hall–Kier alpha value is -2.35. The maximum Gasteiger partial charge on any atom is 0.0991 e. The highest BCUT2D eigenvalue weighted by molar-refractivity contribution is 5.48. The second-order valence-electron chi connectivity index (χ2n) is 7.01. The maximum absolute atomic E-state index is 8.82. The molecule has 26 heavy (non-hydrogen) atoms. The Kier molecular flexibility index (Phi) is 6.65. The Morgan fingerprint density at radius 1 is 1.04 bits per heavy atom. The molecule has 4 nitrogen and oxygen atoms in total. The van der Waals surface area contributed by atoms with Crippen molar-refractivity contribution in [3.63, 3.8) is 0 Å². The van der Waals surface area contributed by atoms with Crippen LogP contribution in [0, 0.1) is 18.3 Å². The fraction of sp³-hybridized carbons (Fsp3) is 0.409. The molecule has 1 fully saturated rings. The fourth-order valence-electron chi connectivity index (χ4n) is 3.41. The van der Waals surface area contributed by atoms with Crippen molar-refractivity contribution in [2.45, 2.75) is 19.9 Å². The van der Waals surface area contributed by atoms with Gasteiger partial charge >= 0.3 is 0 Å². The zero-order valence-corrected chi connectivity index (χ0v) is 15.6. The third kappa shape index (κ3) is 5.32. The smallest absolute Gasteiger partial charge is 0.0991 e. The van der Waals surface area contributed by atoms with Crippen molar-refractivity contribution in [3.8, 4) is 6.07 Å². The third-order valence-electron chi connectivity index (χ3n) is 4.98. The van der Waals surface area contributed by atoms with Gasteiger partial charge in [-0.05, 0) is 61.8 Å². The van der Waals surface area contributed by atoms with Gasteiger partial charge in [0, 0.05) is 38.4 Å². The summed E-state index contributed by atoms with van der Waals surface area (Å²) < 4.78 is 0. The van der Waals surface area contributed by atoms with Gasteiger partial charge in [0.15, 0.2) is 0 Å². The van der Waals surface area contributed by atoms with Crippen LogP contribution >= 0.6 is 0 Å². The van der Waals surface area contributed by atoms with E-state index in [1.54, 1.807) is 0 Å². The number of rotatable bonds is 7. The van der Waals surface area contributed by atoms with Crippen LogP contribution in [0.5, 0.6) is 0 Å². The molecule has 0 radical (unpaired) electrons. The van der Waals surface area contributed by atoms with Crippen molar-refractivity contribution in [2.75, 3.05) is 44.2 Å². The number of nitrogens with zero attached hydrogens (tertiary/aromatic N) is 3. The van der Waals surface area contributed by atoms with Crippen molar-refractivity contribution < 1.29 is 0 Å². The molecule has 136 valence electrons. The molecule has 0 aliphatic carbocycles. The summed E-state index contributed by atoms with van der Waals surface area (Å²) in [6, 6.07) is 18.8. The van der Waals surface area contributed by atoms with E-state index in [0.717, 1.165) is 51.4 Å². The predicted octanol–water partition coefficient (Wildman–Crippen LogP) is 3.17. The minimum Gasteiger partial charge on any atom is -0.369 e. The molecule has 0 aromatic heterocycles. The predicted molar refractivity (Wildman–Crippen MR) is 107 cm³/mol. The van der Waals surface area contributed by atoms with Crippen molar-refractivity contribution in [3.05, 3.63) is 65.2 Å². The van der Waals surface area contributed by atoms with E-state index in [-0.39, 0.29) is 0 Å². The van der Waals surface area contributed by atoms with Crippen LogP contribution in [0.25, 0.3) is 0 Å². The van der Waals surface area contributed by atoms with Gasteiger partial charge in [0.2, 0.25) is 0 Å². The molecule has 0 atom stereocenters. The summed E-state index contributed by atoms with van der Waals surface area (Å²) in [5.41, 5.74) is 4.64. The molecular formula is C22H28N4. The van der Waals surface area contributed by atoms with Gasteiger partial charge in [0.1, 0.15) is 0 Å². The lowest BCUT2D eigenvalue weighted by molar-refractivity contribution is 0.254. The van der Waals surface area contributed by atoms with E-state index in [2.05, 4.69) is 52.4 Å². The molecule has 1 saturated heterocycles. The summed E-state index contributed by atoms with van der Waals surface area (Å²) >= 11 is 0. The first-order chi connectivity index (χ1) is 12.7. The van der Waals surface area contributed by atoms with E-state index in [1.807, 2.05) is 24.3 Å². The number of aryl methyl sites for hydroxylation is 1. The van der Waals surface area contributed by atoms with Gasteiger partial charge in [-0.1, -0.05) is 24.3 Å². The molecule has 0 saturated carbocycles. The lowest BCUT2D eigenvalue weighted by Gasteiger charge is -2.36. The van der Waals surface area contributed by atoms with Gasteiger partial charge in [0.05, 0.1) is 11.6 Å². The van der Waals surface area contributed by atoms with E-state index in [1.165, 1.54) is 23.2 Å². The van der Waals surface area contributed by atoms with Crippen LogP contribution in [0.3, 0.4) is 0 Å². The van der Waals surface area contributed by atoms with Crippen LogP contribution in [0.2, 0.25) is 0 Å². The van der Waals surface area contributed by atoms with Crippen LogP contribution in [0.15, 0.2) is 48.5 Å². The first-order valence-corrected chi connectivity index (χ1v) is 9.48. The standard InChI is InChI=1S/C22H28N4/c1-19-4-2-5-22(16-19)26-14-12-25(13-15-26)11-3-10-24-18-21-8-6-20(17-23)7-9-21/h2,4-9,16,24H,3,10-15,18H2,1H3. The number of piperazine rings is 1. The van der Waals surface area contributed by atoms with Crippen LogP contribution in [0.1, 0.15) is 23.1 Å². The summed E-state index contributed by atoms with van der Waals surface area (Å²) in [6.07, 6.45) is 1.17. The fourth-order valence-corrected chi connectivity index (χ4v) is 3.41. The van der Waals surface area contributed by atoms with Gasteiger partial charge in [-0.2, -0.15) is 5.26 Å². The molecule has 3 rings (SSSR count). The Labute approximate surface area is 157 Å². The SMILES string of the molecule is Cc1cccc(N2CCN(CCCNCc3ccc(C#N)cc3)CC2)c1. The Morgan fingerprint density at radius 2 is 1.81 bits per heavy atom. The number of nitriles is 1. The Morgan fingerprint density at radius 3 is 2.50 bits per heavy atom. The molecule has 2 aromatic carbocycles. The van der Waals surface area contributed by atoms with Crippen molar-refractivity contribution in [1.29, 1.82) is 5.26 Å². The van der Waals surface area contributed by atoms with E-state index < -0.39 is 0 Å². The molecule has 1 aliphatic rings. The Balaban J connectivity index is 1.31. The molecule has 0 amide bonds. The summed E-state index contributed by atoms with van der Waals surface area (Å²) in [6.45, 7) is 9.72. The van der Waals surface area contributed by atoms with Crippen LogP contribution in [0.4, 0.5) is 5.69 Å². The number of hydrogen-bond donors (Lipinski definition) is 1. The first-order valence-electron chi connectivity index (χ1n) is 9.48. The molecule has 0 bridgehead atoms. The second kappa shape index (κ2) is 9.38. The lowest BCUT2D eigenvalue weighted by Crippen LogP contribution is -2.47. The average molecular weight is 348 g/mol. The number of anilines is 1. The largest absolute Gasteiger partial charge is 0.369 e. The highest BCUT2D eigenvalue weighted by Crippen LogP contribution is 2.17. The number of benzene rings is 2. The number of nitrogens with one attached hydrogen (secondary N) is 1.